The number of fused-ring (bicyclic) bond motifs is 1. The predicted octanol–water partition coefficient (Wildman–Crippen LogP) is 4.34. The summed E-state index contributed by atoms with van der Waals surface area (Å²) in [6.45, 7) is 6.00. The molecule has 4 rings (SSSR count). The van der Waals surface area contributed by atoms with Gasteiger partial charge in [0.15, 0.2) is 0 Å². The fourth-order valence-electron chi connectivity index (χ4n) is 3.93. The van der Waals surface area contributed by atoms with Crippen LogP contribution < -0.4 is 10.9 Å². The van der Waals surface area contributed by atoms with Crippen molar-refractivity contribution in [2.45, 2.75) is 38.8 Å². The Bertz CT molecular complexity index is 943. The maximum Gasteiger partial charge on any atom is 0.336 e. The molecule has 2 aromatic heterocycles. The molecule has 1 aromatic carbocycles. The molecule has 27 heavy (non-hydrogen) atoms. The summed E-state index contributed by atoms with van der Waals surface area (Å²) in [7, 11) is 0. The maximum absolute atomic E-state index is 12.0. The maximum atomic E-state index is 12.0. The zero-order chi connectivity index (χ0) is 18.6. The molecule has 4 nitrogen and oxygen atoms in total. The van der Waals surface area contributed by atoms with Crippen molar-refractivity contribution in [2.24, 2.45) is 0 Å². The summed E-state index contributed by atoms with van der Waals surface area (Å²) in [6.07, 6.45) is 3.50. The number of rotatable bonds is 7. The molecule has 0 bridgehead atoms. The SMILES string of the molecule is CCc1ccc2c(CNC[C@@H](c3cccs3)N3CCCC3)cc(=O)oc2c1. The molecule has 0 spiro atoms. The third-order valence-corrected chi connectivity index (χ3v) is 6.38. The van der Waals surface area contributed by atoms with Crippen molar-refractivity contribution < 1.29 is 4.42 Å². The lowest BCUT2D eigenvalue weighted by atomic mass is 10.1. The van der Waals surface area contributed by atoms with Gasteiger partial charge in [0.1, 0.15) is 5.58 Å². The number of nitrogens with zero attached hydrogens (tertiary/aromatic N) is 1. The summed E-state index contributed by atoms with van der Waals surface area (Å²) in [4.78, 5) is 16.0. The van der Waals surface area contributed by atoms with Gasteiger partial charge >= 0.3 is 5.63 Å². The van der Waals surface area contributed by atoms with Crippen LogP contribution in [-0.4, -0.2) is 24.5 Å². The molecule has 1 atom stereocenters. The molecule has 0 aliphatic carbocycles. The van der Waals surface area contributed by atoms with E-state index in [1.807, 2.05) is 17.4 Å². The molecule has 1 aliphatic rings. The number of aryl methyl sites for hydroxylation is 1. The van der Waals surface area contributed by atoms with Crippen LogP contribution in [0.1, 0.15) is 41.8 Å². The van der Waals surface area contributed by atoms with Crippen LogP contribution in [0, 0.1) is 0 Å². The second-order valence-corrected chi connectivity index (χ2v) is 8.16. The first kappa shape index (κ1) is 18.4. The van der Waals surface area contributed by atoms with Crippen LogP contribution in [0.4, 0.5) is 0 Å². The quantitative estimate of drug-likeness (QED) is 0.617. The lowest BCUT2D eigenvalue weighted by Crippen LogP contribution is -2.33. The molecule has 3 aromatic rings. The Balaban J connectivity index is 1.51. The third-order valence-electron chi connectivity index (χ3n) is 5.41. The highest BCUT2D eigenvalue weighted by Crippen LogP contribution is 2.28. The molecule has 0 radical (unpaired) electrons. The number of benzene rings is 1. The normalized spacial score (nSPS) is 16.2. The minimum atomic E-state index is -0.276. The Kier molecular flexibility index (Phi) is 5.72. The van der Waals surface area contributed by atoms with Crippen LogP contribution in [0.2, 0.25) is 0 Å². The monoisotopic (exact) mass is 382 g/mol. The van der Waals surface area contributed by atoms with Gasteiger partial charge in [-0.1, -0.05) is 25.1 Å². The molecule has 1 aliphatic heterocycles. The molecule has 0 saturated carbocycles. The molecule has 1 N–H and O–H groups in total. The van der Waals surface area contributed by atoms with Crippen molar-refractivity contribution in [3.8, 4) is 0 Å². The standard InChI is InChI=1S/C22H26N2O2S/c1-2-16-7-8-18-17(13-22(25)26-20(18)12-16)14-23-15-19(21-6-5-11-27-21)24-9-3-4-10-24/h5-8,11-13,19,23H,2-4,9-10,14-15H2,1H3/t19-/m0/s1. The van der Waals surface area contributed by atoms with Crippen molar-refractivity contribution in [1.29, 1.82) is 0 Å². The number of thiophene rings is 1. The van der Waals surface area contributed by atoms with Gasteiger partial charge in [-0.3, -0.25) is 4.90 Å². The van der Waals surface area contributed by atoms with Gasteiger partial charge in [0.05, 0.1) is 6.04 Å². The zero-order valence-electron chi connectivity index (χ0n) is 15.7. The molecule has 5 heteroatoms. The smallest absolute Gasteiger partial charge is 0.336 e. The summed E-state index contributed by atoms with van der Waals surface area (Å²) in [5.41, 5.74) is 2.60. The van der Waals surface area contributed by atoms with E-state index >= 15 is 0 Å². The third kappa shape index (κ3) is 4.15. The summed E-state index contributed by atoms with van der Waals surface area (Å²) in [6, 6.07) is 12.6. The minimum Gasteiger partial charge on any atom is -0.423 e. The molecule has 142 valence electrons. The number of hydrogen-bond acceptors (Lipinski definition) is 5. The van der Waals surface area contributed by atoms with E-state index in [9.17, 15) is 4.79 Å². The lowest BCUT2D eigenvalue weighted by molar-refractivity contribution is 0.242. The summed E-state index contributed by atoms with van der Waals surface area (Å²) in [5.74, 6) is 0. The van der Waals surface area contributed by atoms with Gasteiger partial charge in [0.2, 0.25) is 0 Å². The van der Waals surface area contributed by atoms with Crippen LogP contribution in [-0.2, 0) is 13.0 Å². The summed E-state index contributed by atoms with van der Waals surface area (Å²) in [5, 5.41) is 6.77. The van der Waals surface area contributed by atoms with E-state index in [1.165, 1.54) is 36.4 Å². The fourth-order valence-corrected chi connectivity index (χ4v) is 4.79. The van der Waals surface area contributed by atoms with Gasteiger partial charge in [0, 0.05) is 29.4 Å². The zero-order valence-corrected chi connectivity index (χ0v) is 16.6. The van der Waals surface area contributed by atoms with Gasteiger partial charge in [-0.05, 0) is 61.0 Å². The highest BCUT2D eigenvalue weighted by molar-refractivity contribution is 7.10. The molecule has 0 unspecified atom stereocenters. The van der Waals surface area contributed by atoms with Crippen molar-refractivity contribution in [3.63, 3.8) is 0 Å². The van der Waals surface area contributed by atoms with Crippen LogP contribution in [0.25, 0.3) is 11.0 Å². The Morgan fingerprint density at radius 3 is 2.81 bits per heavy atom. The van der Waals surface area contributed by atoms with E-state index in [-0.39, 0.29) is 5.63 Å². The van der Waals surface area contributed by atoms with Crippen molar-refractivity contribution >= 4 is 22.3 Å². The Morgan fingerprint density at radius 1 is 1.22 bits per heavy atom. The topological polar surface area (TPSA) is 45.5 Å². The van der Waals surface area contributed by atoms with Gasteiger partial charge in [-0.2, -0.15) is 0 Å². The number of likely N-dealkylation sites (tertiary alicyclic amines) is 1. The molecule has 1 fully saturated rings. The van der Waals surface area contributed by atoms with Gasteiger partial charge in [0.25, 0.3) is 0 Å². The average Bonchev–Trinajstić information content (AvgIpc) is 3.38. The van der Waals surface area contributed by atoms with E-state index in [0.717, 1.165) is 23.9 Å². The average molecular weight is 383 g/mol. The Morgan fingerprint density at radius 2 is 2.07 bits per heavy atom. The van der Waals surface area contributed by atoms with E-state index in [0.29, 0.717) is 18.2 Å². The second kappa shape index (κ2) is 8.38. The molecular weight excluding hydrogens is 356 g/mol. The van der Waals surface area contributed by atoms with E-state index < -0.39 is 0 Å². The van der Waals surface area contributed by atoms with Gasteiger partial charge < -0.3 is 9.73 Å². The lowest BCUT2D eigenvalue weighted by Gasteiger charge is -2.27. The molecule has 3 heterocycles. The van der Waals surface area contributed by atoms with E-state index in [2.05, 4.69) is 46.8 Å². The Hall–Kier alpha value is -1.95. The van der Waals surface area contributed by atoms with Crippen LogP contribution in [0.5, 0.6) is 0 Å². The van der Waals surface area contributed by atoms with Gasteiger partial charge in [-0.25, -0.2) is 4.79 Å². The highest BCUT2D eigenvalue weighted by Gasteiger charge is 2.23. The molecular formula is C22H26N2O2S. The van der Waals surface area contributed by atoms with Crippen LogP contribution >= 0.6 is 11.3 Å². The molecule has 0 amide bonds. The highest BCUT2D eigenvalue weighted by atomic mass is 32.1. The van der Waals surface area contributed by atoms with Crippen LogP contribution in [0.3, 0.4) is 0 Å². The number of hydrogen-bond donors (Lipinski definition) is 1. The van der Waals surface area contributed by atoms with Gasteiger partial charge in [-0.15, -0.1) is 11.3 Å². The molecule has 1 saturated heterocycles. The van der Waals surface area contributed by atoms with Crippen molar-refractivity contribution in [1.82, 2.24) is 10.2 Å². The van der Waals surface area contributed by atoms with E-state index in [4.69, 9.17) is 4.42 Å². The largest absolute Gasteiger partial charge is 0.423 e. The van der Waals surface area contributed by atoms with Crippen molar-refractivity contribution in [3.05, 3.63) is 68.2 Å². The summed E-state index contributed by atoms with van der Waals surface area (Å²) < 4.78 is 5.42. The first-order valence-electron chi connectivity index (χ1n) is 9.78. The van der Waals surface area contributed by atoms with E-state index in [1.54, 1.807) is 6.07 Å². The minimum absolute atomic E-state index is 0.276. The fraction of sp³-hybridized carbons (Fsp3) is 0.409. The van der Waals surface area contributed by atoms with Crippen LogP contribution in [0.15, 0.2) is 51.0 Å². The predicted molar refractivity (Wildman–Crippen MR) is 111 cm³/mol. The van der Waals surface area contributed by atoms with Crippen molar-refractivity contribution in [2.75, 3.05) is 19.6 Å². The number of nitrogens with one attached hydrogen (secondary N) is 1. The second-order valence-electron chi connectivity index (χ2n) is 7.18. The Labute approximate surface area is 163 Å². The first-order valence-corrected chi connectivity index (χ1v) is 10.7. The summed E-state index contributed by atoms with van der Waals surface area (Å²) >= 11 is 1.83. The first-order chi connectivity index (χ1) is 13.2.